The van der Waals surface area contributed by atoms with Crippen molar-refractivity contribution >= 4 is 29.0 Å². The predicted octanol–water partition coefficient (Wildman–Crippen LogP) is 3.44. The average Bonchev–Trinajstić information content (AvgIpc) is 2.73. The molecule has 7 nitrogen and oxygen atoms in total. The summed E-state index contributed by atoms with van der Waals surface area (Å²) in [6.45, 7) is 0.752. The Bertz CT molecular complexity index is 993. The van der Waals surface area contributed by atoms with Crippen molar-refractivity contribution in [3.8, 4) is 5.75 Å². The fraction of sp³-hybridized carbons (Fsp3) is 0.350. The Labute approximate surface area is 180 Å². The van der Waals surface area contributed by atoms with Gasteiger partial charge in [-0.25, -0.2) is 4.98 Å². The summed E-state index contributed by atoms with van der Waals surface area (Å²) in [5.41, 5.74) is -2.69. The maximum Gasteiger partial charge on any atom is 0.418 e. The number of methoxy groups -OCH3 is 1. The smallest absolute Gasteiger partial charge is 0.418 e. The van der Waals surface area contributed by atoms with E-state index in [2.05, 4.69) is 9.72 Å². The lowest BCUT2D eigenvalue weighted by atomic mass is 9.87. The molecule has 0 radical (unpaired) electrons. The van der Waals surface area contributed by atoms with Gasteiger partial charge in [0.25, 0.3) is 0 Å². The van der Waals surface area contributed by atoms with Crippen LogP contribution in [-0.4, -0.2) is 55.3 Å². The van der Waals surface area contributed by atoms with Gasteiger partial charge in [-0.15, -0.1) is 0 Å². The van der Waals surface area contributed by atoms with Gasteiger partial charge in [-0.2, -0.15) is 13.2 Å². The van der Waals surface area contributed by atoms with Crippen molar-refractivity contribution < 1.29 is 37.3 Å². The number of ether oxygens (including phenoxy) is 2. The molecule has 1 atom stereocenters. The molecule has 2 heterocycles. The second-order valence-corrected chi connectivity index (χ2v) is 7.11. The fourth-order valence-corrected chi connectivity index (χ4v) is 3.64. The largest absolute Gasteiger partial charge is 0.506 e. The Hall–Kier alpha value is -2.85. The highest BCUT2D eigenvalue weighted by Gasteiger charge is 2.44. The van der Waals surface area contributed by atoms with Gasteiger partial charge in [0.05, 0.1) is 31.6 Å². The standard InChI is InChI=1S/C20H18ClF3N2O5/c1-30-19(29)15(18(28)17-14(27)3-2-4-25-17)12-9-11(21)10-13(16(12)20(22,23)24)26-5-7-31-8-6-26/h2-4,9-10,15,27H,5-8H2,1H3. The van der Waals surface area contributed by atoms with Crippen LogP contribution in [0.3, 0.4) is 0 Å². The highest BCUT2D eigenvalue weighted by atomic mass is 35.5. The maximum atomic E-state index is 14.2. The minimum Gasteiger partial charge on any atom is -0.506 e. The highest BCUT2D eigenvalue weighted by Crippen LogP contribution is 2.44. The molecule has 1 unspecified atom stereocenters. The van der Waals surface area contributed by atoms with E-state index in [0.717, 1.165) is 25.3 Å². The molecule has 0 saturated carbocycles. The lowest BCUT2D eigenvalue weighted by Crippen LogP contribution is -2.38. The number of halogens is 4. The zero-order valence-electron chi connectivity index (χ0n) is 16.3. The van der Waals surface area contributed by atoms with Gasteiger partial charge >= 0.3 is 12.1 Å². The second-order valence-electron chi connectivity index (χ2n) is 6.68. The molecule has 1 aliphatic rings. The molecule has 1 aromatic carbocycles. The van der Waals surface area contributed by atoms with E-state index in [1.807, 2.05) is 0 Å². The first-order valence-electron chi connectivity index (χ1n) is 9.14. The van der Waals surface area contributed by atoms with Gasteiger partial charge in [0.2, 0.25) is 5.78 Å². The quantitative estimate of drug-likeness (QED) is 0.417. The minimum absolute atomic E-state index is 0.101. The Morgan fingerprint density at radius 2 is 1.97 bits per heavy atom. The molecule has 166 valence electrons. The summed E-state index contributed by atoms with van der Waals surface area (Å²) in [5.74, 6) is -5.01. The number of hydrogen-bond donors (Lipinski definition) is 1. The minimum atomic E-state index is -4.92. The molecule has 0 aliphatic carbocycles. The Balaban J connectivity index is 2.25. The number of Topliss-reactive ketones (excluding diaryl/α,β-unsaturated/α-hetero) is 1. The third-order valence-electron chi connectivity index (χ3n) is 4.78. The fourth-order valence-electron chi connectivity index (χ4n) is 3.42. The summed E-state index contributed by atoms with van der Waals surface area (Å²) in [5, 5.41) is 9.87. The van der Waals surface area contributed by atoms with E-state index in [4.69, 9.17) is 16.3 Å². The van der Waals surface area contributed by atoms with Crippen molar-refractivity contribution in [1.82, 2.24) is 4.98 Å². The first-order chi connectivity index (χ1) is 14.6. The number of hydrogen-bond acceptors (Lipinski definition) is 7. The number of pyridine rings is 1. The number of benzene rings is 1. The van der Waals surface area contributed by atoms with E-state index < -0.39 is 46.4 Å². The Morgan fingerprint density at radius 3 is 2.55 bits per heavy atom. The molecule has 1 aliphatic heterocycles. The molecular weight excluding hydrogens is 441 g/mol. The zero-order valence-corrected chi connectivity index (χ0v) is 17.0. The summed E-state index contributed by atoms with van der Waals surface area (Å²) in [7, 11) is 0.946. The van der Waals surface area contributed by atoms with Crippen molar-refractivity contribution in [3.05, 3.63) is 52.3 Å². The SMILES string of the molecule is COC(=O)C(C(=O)c1ncccc1O)c1cc(Cl)cc(N2CCOCC2)c1C(F)(F)F. The molecule has 1 fully saturated rings. The van der Waals surface area contributed by atoms with E-state index in [1.165, 1.54) is 17.2 Å². The van der Waals surface area contributed by atoms with E-state index in [-0.39, 0.29) is 37.0 Å². The Kier molecular flexibility index (Phi) is 6.71. The van der Waals surface area contributed by atoms with Crippen LogP contribution in [0.4, 0.5) is 18.9 Å². The molecule has 0 bridgehead atoms. The lowest BCUT2D eigenvalue weighted by molar-refractivity contribution is -0.142. The molecule has 2 aromatic rings. The second kappa shape index (κ2) is 9.11. The van der Waals surface area contributed by atoms with Gasteiger partial charge in [-0.3, -0.25) is 9.59 Å². The lowest BCUT2D eigenvalue weighted by Gasteiger charge is -2.32. The highest BCUT2D eigenvalue weighted by molar-refractivity contribution is 6.31. The third-order valence-corrected chi connectivity index (χ3v) is 5.00. The molecule has 31 heavy (non-hydrogen) atoms. The van der Waals surface area contributed by atoms with Crippen molar-refractivity contribution in [2.45, 2.75) is 12.1 Å². The van der Waals surface area contributed by atoms with E-state index in [9.17, 15) is 27.9 Å². The van der Waals surface area contributed by atoms with Crippen LogP contribution in [0, 0.1) is 0 Å². The number of rotatable bonds is 5. The first kappa shape index (κ1) is 22.8. The number of morpholine rings is 1. The molecule has 0 amide bonds. The van der Waals surface area contributed by atoms with Crippen molar-refractivity contribution in [1.29, 1.82) is 0 Å². The van der Waals surface area contributed by atoms with Crippen LogP contribution in [0.25, 0.3) is 0 Å². The van der Waals surface area contributed by atoms with E-state index >= 15 is 0 Å². The molecule has 0 spiro atoms. The monoisotopic (exact) mass is 458 g/mol. The maximum absolute atomic E-state index is 14.2. The number of ketones is 1. The number of aromatic nitrogens is 1. The van der Waals surface area contributed by atoms with Gasteiger partial charge in [0, 0.05) is 24.3 Å². The number of esters is 1. The topological polar surface area (TPSA) is 89.0 Å². The summed E-state index contributed by atoms with van der Waals surface area (Å²) in [6, 6.07) is 4.51. The van der Waals surface area contributed by atoms with Crippen molar-refractivity contribution in [2.24, 2.45) is 0 Å². The van der Waals surface area contributed by atoms with E-state index in [0.29, 0.717) is 0 Å². The van der Waals surface area contributed by atoms with Crippen LogP contribution < -0.4 is 4.90 Å². The van der Waals surface area contributed by atoms with Crippen LogP contribution in [0.15, 0.2) is 30.5 Å². The molecule has 1 saturated heterocycles. The molecule has 3 rings (SSSR count). The summed E-state index contributed by atoms with van der Waals surface area (Å²) < 4.78 is 52.5. The van der Waals surface area contributed by atoms with Gasteiger partial charge < -0.3 is 19.5 Å². The van der Waals surface area contributed by atoms with Gasteiger partial charge in [-0.1, -0.05) is 11.6 Å². The van der Waals surface area contributed by atoms with E-state index in [1.54, 1.807) is 0 Å². The average molecular weight is 459 g/mol. The number of carbonyl (C=O) groups is 2. The predicted molar refractivity (Wildman–Crippen MR) is 104 cm³/mol. The summed E-state index contributed by atoms with van der Waals surface area (Å²) >= 11 is 6.11. The summed E-state index contributed by atoms with van der Waals surface area (Å²) in [6.07, 6.45) is -3.75. The molecular formula is C20H18ClF3N2O5. The third kappa shape index (κ3) is 4.75. The number of nitrogens with zero attached hydrogens (tertiary/aromatic N) is 2. The molecule has 1 N–H and O–H groups in total. The number of carbonyl (C=O) groups excluding carboxylic acids is 2. The van der Waals surface area contributed by atoms with Gasteiger partial charge in [0.1, 0.15) is 17.4 Å². The Morgan fingerprint density at radius 1 is 1.29 bits per heavy atom. The van der Waals surface area contributed by atoms with Crippen LogP contribution in [0.1, 0.15) is 27.5 Å². The summed E-state index contributed by atoms with van der Waals surface area (Å²) in [4.78, 5) is 30.7. The van der Waals surface area contributed by atoms with Crippen LogP contribution in [0.2, 0.25) is 5.02 Å². The molecule has 11 heteroatoms. The number of anilines is 1. The van der Waals surface area contributed by atoms with Gasteiger partial charge in [-0.05, 0) is 29.8 Å². The van der Waals surface area contributed by atoms with Crippen molar-refractivity contribution in [2.75, 3.05) is 38.3 Å². The van der Waals surface area contributed by atoms with Crippen LogP contribution >= 0.6 is 11.6 Å². The number of aromatic hydroxyl groups is 1. The normalized spacial score (nSPS) is 15.5. The number of alkyl halides is 3. The zero-order chi connectivity index (χ0) is 22.8. The van der Waals surface area contributed by atoms with Crippen LogP contribution in [-0.2, 0) is 20.4 Å². The molecule has 1 aromatic heterocycles. The van der Waals surface area contributed by atoms with Crippen molar-refractivity contribution in [3.63, 3.8) is 0 Å². The van der Waals surface area contributed by atoms with Crippen LogP contribution in [0.5, 0.6) is 5.75 Å². The van der Waals surface area contributed by atoms with Gasteiger partial charge in [0.15, 0.2) is 0 Å². The first-order valence-corrected chi connectivity index (χ1v) is 9.52.